The van der Waals surface area contributed by atoms with Crippen LogP contribution in [0.2, 0.25) is 0 Å². The first kappa shape index (κ1) is 14.5. The molecule has 6 nitrogen and oxygen atoms in total. The number of hydrogen-bond acceptors (Lipinski definition) is 4. The highest BCUT2D eigenvalue weighted by Gasteiger charge is 2.13. The van der Waals surface area contributed by atoms with Crippen LogP contribution in [0.25, 0.3) is 0 Å². The molecule has 0 aliphatic carbocycles. The first-order chi connectivity index (χ1) is 9.97. The third-order valence-corrected chi connectivity index (χ3v) is 3.02. The van der Waals surface area contributed by atoms with Crippen LogP contribution in [0.1, 0.15) is 21.5 Å². The molecule has 0 spiro atoms. The van der Waals surface area contributed by atoms with Crippen molar-refractivity contribution in [1.82, 2.24) is 5.32 Å². The molecule has 0 aliphatic heterocycles. The Labute approximate surface area is 121 Å². The van der Waals surface area contributed by atoms with E-state index in [1.807, 2.05) is 0 Å². The molecule has 0 aliphatic rings. The van der Waals surface area contributed by atoms with Gasteiger partial charge in [-0.25, -0.2) is 0 Å². The maximum absolute atomic E-state index is 12.0. The van der Waals surface area contributed by atoms with Crippen molar-refractivity contribution in [3.8, 4) is 5.75 Å². The number of nitro groups is 1. The van der Waals surface area contributed by atoms with Crippen molar-refractivity contribution in [2.24, 2.45) is 0 Å². The Balaban J connectivity index is 2.07. The maximum atomic E-state index is 12.0. The lowest BCUT2D eigenvalue weighted by molar-refractivity contribution is -0.385. The zero-order valence-corrected chi connectivity index (χ0v) is 11.4. The number of benzene rings is 2. The Bertz CT molecular complexity index is 698. The van der Waals surface area contributed by atoms with Gasteiger partial charge in [-0.2, -0.15) is 0 Å². The number of hydrogen-bond donors (Lipinski definition) is 2. The van der Waals surface area contributed by atoms with Crippen molar-refractivity contribution in [1.29, 1.82) is 0 Å². The summed E-state index contributed by atoms with van der Waals surface area (Å²) in [6.45, 7) is 1.85. The van der Waals surface area contributed by atoms with Crippen molar-refractivity contribution in [2.45, 2.75) is 13.5 Å². The fourth-order valence-electron chi connectivity index (χ4n) is 1.95. The van der Waals surface area contributed by atoms with Crippen LogP contribution in [-0.4, -0.2) is 15.9 Å². The van der Waals surface area contributed by atoms with Crippen molar-refractivity contribution in [3.05, 3.63) is 69.3 Å². The molecule has 1 amide bonds. The van der Waals surface area contributed by atoms with E-state index in [0.29, 0.717) is 11.1 Å². The number of nitro benzene ring substituents is 1. The molecule has 108 valence electrons. The van der Waals surface area contributed by atoms with E-state index in [4.69, 9.17) is 0 Å². The van der Waals surface area contributed by atoms with Crippen LogP contribution in [0.5, 0.6) is 5.75 Å². The van der Waals surface area contributed by atoms with Gasteiger partial charge in [-0.1, -0.05) is 12.1 Å². The molecule has 0 radical (unpaired) electrons. The van der Waals surface area contributed by atoms with Gasteiger partial charge in [0.15, 0.2) is 0 Å². The minimum absolute atomic E-state index is 0.0143. The number of amides is 1. The first-order valence-electron chi connectivity index (χ1n) is 6.28. The number of phenols is 1. The number of carbonyl (C=O) groups excluding carboxylic acids is 1. The third kappa shape index (κ3) is 3.56. The fraction of sp³-hybridized carbons (Fsp3) is 0.133. The lowest BCUT2D eigenvalue weighted by atomic mass is 10.1. The van der Waals surface area contributed by atoms with Crippen LogP contribution in [0.4, 0.5) is 5.69 Å². The molecule has 2 N–H and O–H groups in total. The van der Waals surface area contributed by atoms with Crippen LogP contribution in [0.15, 0.2) is 42.5 Å². The quantitative estimate of drug-likeness (QED) is 0.667. The number of nitrogens with one attached hydrogen (secondary N) is 1. The fourth-order valence-corrected chi connectivity index (χ4v) is 1.95. The van der Waals surface area contributed by atoms with E-state index in [-0.39, 0.29) is 23.9 Å². The van der Waals surface area contributed by atoms with Gasteiger partial charge in [0.25, 0.3) is 11.6 Å². The number of phenolic OH excluding ortho intramolecular Hbond substituents is 1. The molecule has 21 heavy (non-hydrogen) atoms. The summed E-state index contributed by atoms with van der Waals surface area (Å²) in [5.74, 6) is -0.190. The van der Waals surface area contributed by atoms with Gasteiger partial charge in [0.1, 0.15) is 5.75 Å². The van der Waals surface area contributed by atoms with Gasteiger partial charge in [-0.15, -0.1) is 0 Å². The molecule has 0 unspecified atom stereocenters. The highest BCUT2D eigenvalue weighted by atomic mass is 16.6. The van der Waals surface area contributed by atoms with E-state index >= 15 is 0 Å². The number of carbonyl (C=O) groups is 1. The number of aryl methyl sites for hydroxylation is 1. The zero-order chi connectivity index (χ0) is 15.4. The predicted molar refractivity (Wildman–Crippen MR) is 77.1 cm³/mol. The molecule has 2 rings (SSSR count). The van der Waals surface area contributed by atoms with Gasteiger partial charge < -0.3 is 10.4 Å². The van der Waals surface area contributed by atoms with Gasteiger partial charge in [0, 0.05) is 23.7 Å². The van der Waals surface area contributed by atoms with Crippen LogP contribution in [-0.2, 0) is 6.54 Å². The molecule has 0 atom stereocenters. The second-order valence-electron chi connectivity index (χ2n) is 4.61. The monoisotopic (exact) mass is 286 g/mol. The molecular weight excluding hydrogens is 272 g/mol. The lowest BCUT2D eigenvalue weighted by Gasteiger charge is -2.06. The van der Waals surface area contributed by atoms with E-state index in [9.17, 15) is 20.0 Å². The number of rotatable bonds is 4. The van der Waals surface area contributed by atoms with Crippen molar-refractivity contribution >= 4 is 11.6 Å². The second-order valence-corrected chi connectivity index (χ2v) is 4.61. The van der Waals surface area contributed by atoms with Gasteiger partial charge in [0.05, 0.1) is 4.92 Å². The van der Waals surface area contributed by atoms with Gasteiger partial charge in [-0.05, 0) is 36.8 Å². The van der Waals surface area contributed by atoms with Crippen molar-refractivity contribution in [2.75, 3.05) is 0 Å². The Morgan fingerprint density at radius 3 is 2.67 bits per heavy atom. The summed E-state index contributed by atoms with van der Waals surface area (Å²) in [6.07, 6.45) is 0. The Kier molecular flexibility index (Phi) is 4.18. The van der Waals surface area contributed by atoms with E-state index in [2.05, 4.69) is 5.32 Å². The molecule has 0 saturated carbocycles. The van der Waals surface area contributed by atoms with Crippen LogP contribution >= 0.6 is 0 Å². The van der Waals surface area contributed by atoms with Crippen LogP contribution < -0.4 is 5.32 Å². The molecule has 2 aromatic rings. The summed E-state index contributed by atoms with van der Waals surface area (Å²) < 4.78 is 0. The second kappa shape index (κ2) is 6.04. The van der Waals surface area contributed by atoms with Crippen LogP contribution in [0, 0.1) is 17.0 Å². The van der Waals surface area contributed by atoms with Crippen molar-refractivity contribution in [3.63, 3.8) is 0 Å². The lowest BCUT2D eigenvalue weighted by Crippen LogP contribution is -2.22. The molecule has 2 aromatic carbocycles. The molecule has 0 aromatic heterocycles. The van der Waals surface area contributed by atoms with Gasteiger partial charge in [0.2, 0.25) is 0 Å². The summed E-state index contributed by atoms with van der Waals surface area (Å²) in [5.41, 5.74) is 1.55. The Hall–Kier alpha value is -2.89. The van der Waals surface area contributed by atoms with E-state index in [1.54, 1.807) is 31.2 Å². The molecule has 0 heterocycles. The van der Waals surface area contributed by atoms with E-state index in [0.717, 1.165) is 5.56 Å². The topological polar surface area (TPSA) is 92.5 Å². The largest absolute Gasteiger partial charge is 0.508 e. The average Bonchev–Trinajstić information content (AvgIpc) is 2.44. The SMILES string of the molecule is Cc1cc(C(=O)NCc2cccc(O)c2)ccc1[N+](=O)[O-]. The first-order valence-corrected chi connectivity index (χ1v) is 6.28. The smallest absolute Gasteiger partial charge is 0.272 e. The van der Waals surface area contributed by atoms with Crippen molar-refractivity contribution < 1.29 is 14.8 Å². The molecular formula is C15H14N2O4. The van der Waals surface area contributed by atoms with Gasteiger partial charge >= 0.3 is 0 Å². The summed E-state index contributed by atoms with van der Waals surface area (Å²) in [7, 11) is 0. The molecule has 0 fully saturated rings. The summed E-state index contributed by atoms with van der Waals surface area (Å²) in [4.78, 5) is 22.2. The molecule has 0 bridgehead atoms. The average molecular weight is 286 g/mol. The minimum atomic E-state index is -0.482. The van der Waals surface area contributed by atoms with Gasteiger partial charge in [-0.3, -0.25) is 14.9 Å². The minimum Gasteiger partial charge on any atom is -0.508 e. The maximum Gasteiger partial charge on any atom is 0.272 e. The highest BCUT2D eigenvalue weighted by Crippen LogP contribution is 2.19. The summed E-state index contributed by atoms with van der Waals surface area (Å²) in [5, 5.41) is 22.8. The third-order valence-electron chi connectivity index (χ3n) is 3.02. The number of nitrogens with zero attached hydrogens (tertiary/aromatic N) is 1. The zero-order valence-electron chi connectivity index (χ0n) is 11.4. The standard InChI is InChI=1S/C15H14N2O4/c1-10-7-12(5-6-14(10)17(20)21)15(19)16-9-11-3-2-4-13(18)8-11/h2-8,18H,9H2,1H3,(H,16,19). The molecule has 6 heteroatoms. The summed E-state index contributed by atoms with van der Waals surface area (Å²) >= 11 is 0. The Morgan fingerprint density at radius 2 is 2.05 bits per heavy atom. The van der Waals surface area contributed by atoms with Crippen LogP contribution in [0.3, 0.4) is 0 Å². The highest BCUT2D eigenvalue weighted by molar-refractivity contribution is 5.94. The Morgan fingerprint density at radius 1 is 1.29 bits per heavy atom. The number of aromatic hydroxyl groups is 1. The van der Waals surface area contributed by atoms with E-state index in [1.165, 1.54) is 18.2 Å². The predicted octanol–water partition coefficient (Wildman–Crippen LogP) is 2.54. The normalized spacial score (nSPS) is 10.1. The molecule has 0 saturated heterocycles. The van der Waals surface area contributed by atoms with E-state index < -0.39 is 4.92 Å². The summed E-state index contributed by atoms with van der Waals surface area (Å²) in [6, 6.07) is 10.8.